The molecule has 2 heterocycles. The van der Waals surface area contributed by atoms with Crippen molar-refractivity contribution in [1.29, 1.82) is 0 Å². The molecule has 2 N–H and O–H groups in total. The number of pyridine rings is 1. The molecule has 0 saturated carbocycles. The molecule has 7 heteroatoms. The van der Waals surface area contributed by atoms with E-state index in [0.717, 1.165) is 0 Å². The molecule has 2 aromatic heterocycles. The molecule has 0 spiro atoms. The SMILES string of the molecule is CC(C)CN(C)C(=O)c1nc(-c2ccccn2)[nH]c(=O)c1O. The van der Waals surface area contributed by atoms with Crippen LogP contribution in [0, 0.1) is 5.92 Å². The van der Waals surface area contributed by atoms with E-state index >= 15 is 0 Å². The lowest BCUT2D eigenvalue weighted by Crippen LogP contribution is -2.32. The quantitative estimate of drug-likeness (QED) is 0.886. The van der Waals surface area contributed by atoms with E-state index in [9.17, 15) is 14.7 Å². The van der Waals surface area contributed by atoms with Gasteiger partial charge in [0.15, 0.2) is 11.5 Å². The van der Waals surface area contributed by atoms with Crippen molar-refractivity contribution >= 4 is 5.91 Å². The average Bonchev–Trinajstić information content (AvgIpc) is 2.49. The molecule has 0 atom stereocenters. The Balaban J connectivity index is 2.46. The van der Waals surface area contributed by atoms with Gasteiger partial charge in [0, 0.05) is 19.8 Å². The lowest BCUT2D eigenvalue weighted by Gasteiger charge is -2.19. The van der Waals surface area contributed by atoms with Gasteiger partial charge in [-0.25, -0.2) is 4.98 Å². The number of H-pyrrole nitrogens is 1. The van der Waals surface area contributed by atoms with E-state index in [1.807, 2.05) is 13.8 Å². The number of hydrogen-bond acceptors (Lipinski definition) is 5. The summed E-state index contributed by atoms with van der Waals surface area (Å²) in [6.45, 7) is 4.42. The van der Waals surface area contributed by atoms with Crippen LogP contribution >= 0.6 is 0 Å². The van der Waals surface area contributed by atoms with Gasteiger partial charge < -0.3 is 15.0 Å². The maximum atomic E-state index is 12.4. The lowest BCUT2D eigenvalue weighted by atomic mass is 10.2. The third-order valence-corrected chi connectivity index (χ3v) is 2.99. The first kappa shape index (κ1) is 15.7. The number of amides is 1. The summed E-state index contributed by atoms with van der Waals surface area (Å²) in [7, 11) is 1.60. The number of aromatic nitrogens is 3. The molecule has 0 aliphatic rings. The Morgan fingerprint density at radius 2 is 2.14 bits per heavy atom. The van der Waals surface area contributed by atoms with Crippen molar-refractivity contribution in [2.24, 2.45) is 5.92 Å². The van der Waals surface area contributed by atoms with Gasteiger partial charge >= 0.3 is 0 Å². The van der Waals surface area contributed by atoms with Gasteiger partial charge in [0.2, 0.25) is 5.75 Å². The predicted molar refractivity (Wildman–Crippen MR) is 81.6 cm³/mol. The molecule has 2 aromatic rings. The van der Waals surface area contributed by atoms with Gasteiger partial charge in [-0.15, -0.1) is 0 Å². The highest BCUT2D eigenvalue weighted by Crippen LogP contribution is 2.16. The summed E-state index contributed by atoms with van der Waals surface area (Å²) in [6.07, 6.45) is 1.55. The van der Waals surface area contributed by atoms with Gasteiger partial charge in [0.25, 0.3) is 11.5 Å². The molecule has 2 rings (SSSR count). The Bertz CT molecular complexity index is 725. The molecule has 22 heavy (non-hydrogen) atoms. The summed E-state index contributed by atoms with van der Waals surface area (Å²) >= 11 is 0. The van der Waals surface area contributed by atoms with Crippen molar-refractivity contribution < 1.29 is 9.90 Å². The zero-order valence-electron chi connectivity index (χ0n) is 12.7. The van der Waals surface area contributed by atoms with E-state index in [4.69, 9.17) is 0 Å². The molecule has 116 valence electrons. The van der Waals surface area contributed by atoms with E-state index in [2.05, 4.69) is 15.0 Å². The summed E-state index contributed by atoms with van der Waals surface area (Å²) < 4.78 is 0. The summed E-state index contributed by atoms with van der Waals surface area (Å²) in [5.41, 5.74) is -0.621. The number of hydrogen-bond donors (Lipinski definition) is 2. The Hall–Kier alpha value is -2.70. The average molecular weight is 302 g/mol. The fourth-order valence-corrected chi connectivity index (χ4v) is 2.05. The molecule has 1 amide bonds. The first-order valence-electron chi connectivity index (χ1n) is 6.90. The molecule has 0 aromatic carbocycles. The first-order chi connectivity index (χ1) is 10.4. The molecule has 0 bridgehead atoms. The maximum Gasteiger partial charge on any atom is 0.294 e. The van der Waals surface area contributed by atoms with Gasteiger partial charge in [0.05, 0.1) is 0 Å². The van der Waals surface area contributed by atoms with Crippen LogP contribution in [0.15, 0.2) is 29.2 Å². The largest absolute Gasteiger partial charge is 0.501 e. The van der Waals surface area contributed by atoms with Gasteiger partial charge in [-0.2, -0.15) is 0 Å². The van der Waals surface area contributed by atoms with Crippen LogP contribution in [0.4, 0.5) is 0 Å². The Morgan fingerprint density at radius 3 is 2.73 bits per heavy atom. The molecule has 7 nitrogen and oxygen atoms in total. The fourth-order valence-electron chi connectivity index (χ4n) is 2.05. The molecule has 0 saturated heterocycles. The Labute approximate surface area is 127 Å². The van der Waals surface area contributed by atoms with Crippen molar-refractivity contribution in [2.45, 2.75) is 13.8 Å². The van der Waals surface area contributed by atoms with E-state index < -0.39 is 17.2 Å². The molecule has 0 aliphatic carbocycles. The van der Waals surface area contributed by atoms with E-state index in [0.29, 0.717) is 12.2 Å². The number of nitrogens with zero attached hydrogens (tertiary/aromatic N) is 3. The number of carbonyl (C=O) groups is 1. The predicted octanol–water partition coefficient (Wildman–Crippen LogP) is 1.27. The second-order valence-electron chi connectivity index (χ2n) is 5.41. The Kier molecular flexibility index (Phi) is 4.55. The monoisotopic (exact) mass is 302 g/mol. The maximum absolute atomic E-state index is 12.4. The van der Waals surface area contributed by atoms with Gasteiger partial charge in [-0.05, 0) is 18.1 Å². The number of carbonyl (C=O) groups excluding carboxylic acids is 1. The second-order valence-corrected chi connectivity index (χ2v) is 5.41. The van der Waals surface area contributed by atoms with Crippen LogP contribution in [-0.2, 0) is 0 Å². The molecule has 0 aliphatic heterocycles. The highest BCUT2D eigenvalue weighted by atomic mass is 16.3. The first-order valence-corrected chi connectivity index (χ1v) is 6.90. The number of rotatable bonds is 4. The van der Waals surface area contributed by atoms with Crippen LogP contribution in [0.3, 0.4) is 0 Å². The number of aromatic hydroxyl groups is 1. The minimum absolute atomic E-state index is 0.143. The third-order valence-electron chi connectivity index (χ3n) is 2.99. The lowest BCUT2D eigenvalue weighted by molar-refractivity contribution is 0.0769. The van der Waals surface area contributed by atoms with Crippen molar-refractivity contribution in [2.75, 3.05) is 13.6 Å². The zero-order chi connectivity index (χ0) is 16.3. The van der Waals surface area contributed by atoms with E-state index in [1.165, 1.54) is 4.90 Å². The minimum Gasteiger partial charge on any atom is -0.501 e. The van der Waals surface area contributed by atoms with Crippen molar-refractivity contribution in [3.05, 3.63) is 40.4 Å². The smallest absolute Gasteiger partial charge is 0.294 e. The fraction of sp³-hybridized carbons (Fsp3) is 0.333. The third kappa shape index (κ3) is 3.30. The molecule has 0 radical (unpaired) electrons. The summed E-state index contributed by atoms with van der Waals surface area (Å²) in [6, 6.07) is 5.12. The van der Waals surface area contributed by atoms with Gasteiger partial charge in [0.1, 0.15) is 5.69 Å². The number of aromatic amines is 1. The van der Waals surface area contributed by atoms with Gasteiger partial charge in [-0.1, -0.05) is 19.9 Å². The number of nitrogens with one attached hydrogen (secondary N) is 1. The standard InChI is InChI=1S/C15H18N4O3/c1-9(2)8-19(3)15(22)11-12(20)14(21)18-13(17-11)10-6-4-5-7-16-10/h4-7,9,20H,8H2,1-3H3,(H,17,18,21). The topological polar surface area (TPSA) is 99.2 Å². The normalized spacial score (nSPS) is 10.7. The zero-order valence-corrected chi connectivity index (χ0v) is 12.7. The summed E-state index contributed by atoms with van der Waals surface area (Å²) in [5.74, 6) is -0.784. The van der Waals surface area contributed by atoms with Crippen molar-refractivity contribution in [1.82, 2.24) is 19.9 Å². The second kappa shape index (κ2) is 6.38. The highest BCUT2D eigenvalue weighted by molar-refractivity contribution is 5.94. The Morgan fingerprint density at radius 1 is 1.41 bits per heavy atom. The molecular weight excluding hydrogens is 284 g/mol. The molecule has 0 unspecified atom stereocenters. The van der Waals surface area contributed by atoms with Crippen molar-refractivity contribution in [3.8, 4) is 17.3 Å². The van der Waals surface area contributed by atoms with Crippen LogP contribution < -0.4 is 5.56 Å². The van der Waals surface area contributed by atoms with Gasteiger partial charge in [-0.3, -0.25) is 14.6 Å². The van der Waals surface area contributed by atoms with Crippen LogP contribution in [0.25, 0.3) is 11.5 Å². The molecular formula is C15H18N4O3. The van der Waals surface area contributed by atoms with E-state index in [1.54, 1.807) is 31.4 Å². The van der Waals surface area contributed by atoms with Crippen LogP contribution in [0.5, 0.6) is 5.75 Å². The van der Waals surface area contributed by atoms with Crippen LogP contribution in [0.1, 0.15) is 24.3 Å². The van der Waals surface area contributed by atoms with Crippen molar-refractivity contribution in [3.63, 3.8) is 0 Å². The minimum atomic E-state index is -0.767. The summed E-state index contributed by atoms with van der Waals surface area (Å²) in [5, 5.41) is 9.85. The van der Waals surface area contributed by atoms with E-state index in [-0.39, 0.29) is 17.4 Å². The van der Waals surface area contributed by atoms with Crippen LogP contribution in [-0.4, -0.2) is 44.5 Å². The summed E-state index contributed by atoms with van der Waals surface area (Å²) in [4.78, 5) is 36.2. The van der Waals surface area contributed by atoms with Crippen LogP contribution in [0.2, 0.25) is 0 Å². The molecule has 0 fully saturated rings. The highest BCUT2D eigenvalue weighted by Gasteiger charge is 2.22.